The molecule has 1 aliphatic rings. The van der Waals surface area contributed by atoms with Gasteiger partial charge in [-0.2, -0.15) is 0 Å². The second-order valence-corrected chi connectivity index (χ2v) is 7.21. The van der Waals surface area contributed by atoms with Gasteiger partial charge in [0.15, 0.2) is 11.5 Å². The molecular weight excluding hydrogens is 270 g/mol. The first-order valence-electron chi connectivity index (χ1n) is 7.32. The van der Waals surface area contributed by atoms with Crippen molar-refractivity contribution in [2.45, 2.75) is 44.0 Å². The van der Waals surface area contributed by atoms with Crippen molar-refractivity contribution in [3.8, 4) is 11.5 Å². The van der Waals surface area contributed by atoms with E-state index >= 15 is 0 Å². The fourth-order valence-corrected chi connectivity index (χ4v) is 2.84. The molecule has 0 bridgehead atoms. The van der Waals surface area contributed by atoms with Crippen molar-refractivity contribution < 1.29 is 9.47 Å². The summed E-state index contributed by atoms with van der Waals surface area (Å²) < 4.78 is 11.4. The lowest BCUT2D eigenvalue weighted by molar-refractivity contribution is 0.297. The van der Waals surface area contributed by atoms with E-state index in [1.54, 1.807) is 0 Å². The lowest BCUT2D eigenvalue weighted by Crippen LogP contribution is -2.36. The minimum absolute atomic E-state index is 0.208. The Kier molecular flexibility index (Phi) is 5.61. The summed E-state index contributed by atoms with van der Waals surface area (Å²) in [6.07, 6.45) is 2.12. The fraction of sp³-hybridized carbons (Fsp3) is 0.625. The fourth-order valence-electron chi connectivity index (χ4n) is 1.96. The molecule has 20 heavy (non-hydrogen) atoms. The molecule has 4 heteroatoms. The number of benzene rings is 1. The number of fused-ring (bicyclic) bond motifs is 1. The van der Waals surface area contributed by atoms with Crippen molar-refractivity contribution in [3.63, 3.8) is 0 Å². The summed E-state index contributed by atoms with van der Waals surface area (Å²) in [7, 11) is 0. The smallest absolute Gasteiger partial charge is 0.162 e. The highest BCUT2D eigenvalue weighted by molar-refractivity contribution is 7.99. The monoisotopic (exact) mass is 295 g/mol. The molecule has 0 atom stereocenters. The Morgan fingerprint density at radius 2 is 1.90 bits per heavy atom. The van der Waals surface area contributed by atoms with Gasteiger partial charge in [0.2, 0.25) is 0 Å². The van der Waals surface area contributed by atoms with Gasteiger partial charge in [0.1, 0.15) is 0 Å². The largest absolute Gasteiger partial charge is 0.490 e. The van der Waals surface area contributed by atoms with E-state index in [9.17, 15) is 0 Å². The van der Waals surface area contributed by atoms with Crippen LogP contribution in [0.1, 0.15) is 33.6 Å². The first-order valence-corrected chi connectivity index (χ1v) is 8.31. The molecule has 2 rings (SSSR count). The first kappa shape index (κ1) is 15.5. The van der Waals surface area contributed by atoms with Crippen molar-refractivity contribution in [3.05, 3.63) is 18.2 Å². The molecule has 1 aliphatic heterocycles. The van der Waals surface area contributed by atoms with Crippen LogP contribution in [0.15, 0.2) is 23.1 Å². The topological polar surface area (TPSA) is 30.5 Å². The standard InChI is InChI=1S/C16H25NO2S/c1-16(2,3)17-8-4-11-20-13-6-7-14-15(12-13)19-10-5-9-18-14/h6-7,12,17H,4-5,8-11H2,1-3H3. The van der Waals surface area contributed by atoms with Crippen LogP contribution in [-0.4, -0.2) is 31.1 Å². The lowest BCUT2D eigenvalue weighted by atomic mass is 10.1. The van der Waals surface area contributed by atoms with Gasteiger partial charge in [0.25, 0.3) is 0 Å². The van der Waals surface area contributed by atoms with E-state index in [0.717, 1.165) is 49.9 Å². The maximum atomic E-state index is 5.71. The van der Waals surface area contributed by atoms with Gasteiger partial charge in [-0.15, -0.1) is 11.8 Å². The molecule has 0 aromatic heterocycles. The lowest BCUT2D eigenvalue weighted by Gasteiger charge is -2.20. The molecule has 0 amide bonds. The van der Waals surface area contributed by atoms with Crippen LogP contribution in [0.2, 0.25) is 0 Å². The molecule has 0 radical (unpaired) electrons. The Morgan fingerprint density at radius 1 is 1.15 bits per heavy atom. The van der Waals surface area contributed by atoms with Gasteiger partial charge in [0.05, 0.1) is 13.2 Å². The SMILES string of the molecule is CC(C)(C)NCCCSc1ccc2c(c1)OCCCO2. The van der Waals surface area contributed by atoms with Gasteiger partial charge in [-0.05, 0) is 57.7 Å². The summed E-state index contributed by atoms with van der Waals surface area (Å²) in [5, 5.41) is 3.51. The third-order valence-corrected chi connectivity index (χ3v) is 4.04. The molecule has 0 unspecified atom stereocenters. The predicted molar refractivity (Wildman–Crippen MR) is 85.1 cm³/mol. The number of nitrogens with one attached hydrogen (secondary N) is 1. The summed E-state index contributed by atoms with van der Waals surface area (Å²) in [5.41, 5.74) is 0.208. The van der Waals surface area contributed by atoms with Gasteiger partial charge in [-0.1, -0.05) is 0 Å². The van der Waals surface area contributed by atoms with Gasteiger partial charge in [-0.3, -0.25) is 0 Å². The molecule has 0 spiro atoms. The third-order valence-electron chi connectivity index (χ3n) is 2.96. The van der Waals surface area contributed by atoms with Crippen LogP contribution in [0.25, 0.3) is 0 Å². The highest BCUT2D eigenvalue weighted by Crippen LogP contribution is 2.33. The van der Waals surface area contributed by atoms with Gasteiger partial charge >= 0.3 is 0 Å². The molecule has 3 nitrogen and oxygen atoms in total. The molecular formula is C16H25NO2S. The van der Waals surface area contributed by atoms with Gasteiger partial charge in [0, 0.05) is 16.9 Å². The Balaban J connectivity index is 1.77. The van der Waals surface area contributed by atoms with E-state index in [0.29, 0.717) is 0 Å². The molecule has 1 N–H and O–H groups in total. The zero-order valence-corrected chi connectivity index (χ0v) is 13.5. The Labute approximate surface area is 126 Å². The Morgan fingerprint density at radius 3 is 2.65 bits per heavy atom. The van der Waals surface area contributed by atoms with Crippen LogP contribution in [0.4, 0.5) is 0 Å². The maximum absolute atomic E-state index is 5.71. The van der Waals surface area contributed by atoms with Crippen molar-refractivity contribution in [2.24, 2.45) is 0 Å². The average molecular weight is 295 g/mol. The van der Waals surface area contributed by atoms with E-state index in [-0.39, 0.29) is 5.54 Å². The maximum Gasteiger partial charge on any atom is 0.162 e. The third kappa shape index (κ3) is 5.25. The normalized spacial score (nSPS) is 14.9. The summed E-state index contributed by atoms with van der Waals surface area (Å²) >= 11 is 1.88. The number of hydrogen-bond donors (Lipinski definition) is 1. The summed E-state index contributed by atoms with van der Waals surface area (Å²) in [6.45, 7) is 9.15. The first-order chi connectivity index (χ1) is 9.54. The van der Waals surface area contributed by atoms with Crippen molar-refractivity contribution in [2.75, 3.05) is 25.5 Å². The molecule has 1 aromatic carbocycles. The second-order valence-electron chi connectivity index (χ2n) is 6.04. The molecule has 1 heterocycles. The molecule has 112 valence electrons. The van der Waals surface area contributed by atoms with Crippen LogP contribution >= 0.6 is 11.8 Å². The number of rotatable bonds is 5. The number of thioether (sulfide) groups is 1. The molecule has 0 fully saturated rings. The van der Waals surface area contributed by atoms with Crippen LogP contribution in [0.3, 0.4) is 0 Å². The van der Waals surface area contributed by atoms with Crippen molar-refractivity contribution in [1.82, 2.24) is 5.32 Å². The average Bonchev–Trinajstić information content (AvgIpc) is 2.61. The van der Waals surface area contributed by atoms with Crippen LogP contribution < -0.4 is 14.8 Å². The highest BCUT2D eigenvalue weighted by Gasteiger charge is 2.11. The zero-order chi connectivity index (χ0) is 14.4. The Bertz CT molecular complexity index is 429. The van der Waals surface area contributed by atoms with E-state index in [1.165, 1.54) is 4.90 Å². The van der Waals surface area contributed by atoms with E-state index in [4.69, 9.17) is 9.47 Å². The second kappa shape index (κ2) is 7.23. The molecule has 0 saturated carbocycles. The minimum atomic E-state index is 0.208. The van der Waals surface area contributed by atoms with Crippen LogP contribution in [0, 0.1) is 0 Å². The van der Waals surface area contributed by atoms with Gasteiger partial charge in [-0.25, -0.2) is 0 Å². The number of hydrogen-bond acceptors (Lipinski definition) is 4. The summed E-state index contributed by atoms with van der Waals surface area (Å²) in [5.74, 6) is 2.88. The summed E-state index contributed by atoms with van der Waals surface area (Å²) in [6, 6.07) is 6.24. The molecule has 0 aliphatic carbocycles. The summed E-state index contributed by atoms with van der Waals surface area (Å²) in [4.78, 5) is 1.25. The number of ether oxygens (including phenoxy) is 2. The van der Waals surface area contributed by atoms with Crippen molar-refractivity contribution >= 4 is 11.8 Å². The molecule has 0 saturated heterocycles. The van der Waals surface area contributed by atoms with Gasteiger partial charge < -0.3 is 14.8 Å². The highest BCUT2D eigenvalue weighted by atomic mass is 32.2. The van der Waals surface area contributed by atoms with E-state index in [2.05, 4.69) is 38.2 Å². The Hall–Kier alpha value is -0.870. The van der Waals surface area contributed by atoms with Crippen molar-refractivity contribution in [1.29, 1.82) is 0 Å². The predicted octanol–water partition coefficient (Wildman–Crippen LogP) is 3.72. The quantitative estimate of drug-likeness (QED) is 0.662. The molecule has 1 aromatic rings. The van der Waals surface area contributed by atoms with Crippen LogP contribution in [-0.2, 0) is 0 Å². The van der Waals surface area contributed by atoms with E-state index in [1.807, 2.05) is 17.8 Å². The van der Waals surface area contributed by atoms with Crippen LogP contribution in [0.5, 0.6) is 11.5 Å². The zero-order valence-electron chi connectivity index (χ0n) is 12.7. The minimum Gasteiger partial charge on any atom is -0.490 e. The van der Waals surface area contributed by atoms with E-state index < -0.39 is 0 Å².